The molecule has 4 nitrogen and oxygen atoms in total. The number of esters is 1. The highest BCUT2D eigenvalue weighted by Crippen LogP contribution is 2.36. The predicted molar refractivity (Wildman–Crippen MR) is 92.7 cm³/mol. The van der Waals surface area contributed by atoms with Gasteiger partial charge in [0.1, 0.15) is 5.41 Å². The maximum absolute atomic E-state index is 13.0. The van der Waals surface area contributed by atoms with Gasteiger partial charge in [-0.1, -0.05) is 60.7 Å². The van der Waals surface area contributed by atoms with E-state index in [-0.39, 0.29) is 5.97 Å². The molecule has 0 aliphatic carbocycles. The van der Waals surface area contributed by atoms with E-state index in [0.29, 0.717) is 13.0 Å². The zero-order chi connectivity index (χ0) is 17.4. The van der Waals surface area contributed by atoms with E-state index in [9.17, 15) is 4.79 Å². The summed E-state index contributed by atoms with van der Waals surface area (Å²) in [4.78, 5) is 13.0. The minimum atomic E-state index is -1.08. The first-order valence-corrected chi connectivity index (χ1v) is 8.01. The third-order valence-corrected chi connectivity index (χ3v) is 4.08. The summed E-state index contributed by atoms with van der Waals surface area (Å²) in [6.45, 7) is 2.09. The van der Waals surface area contributed by atoms with Gasteiger partial charge in [-0.05, 0) is 24.5 Å². The molecule has 1 unspecified atom stereocenters. The van der Waals surface area contributed by atoms with Gasteiger partial charge in [0.15, 0.2) is 6.29 Å². The van der Waals surface area contributed by atoms with Crippen molar-refractivity contribution in [1.29, 1.82) is 0 Å². The molecule has 0 N–H and O–H groups in total. The molecule has 2 rings (SSSR count). The van der Waals surface area contributed by atoms with Gasteiger partial charge >= 0.3 is 5.97 Å². The normalized spacial score (nSPS) is 13.5. The second kappa shape index (κ2) is 8.62. The van der Waals surface area contributed by atoms with Crippen LogP contribution in [0.2, 0.25) is 0 Å². The second-order valence-corrected chi connectivity index (χ2v) is 5.52. The van der Waals surface area contributed by atoms with Crippen LogP contribution in [0.25, 0.3) is 0 Å². The molecular weight excluding hydrogens is 304 g/mol. The summed E-state index contributed by atoms with van der Waals surface area (Å²) in [6, 6.07) is 19.3. The Balaban J connectivity index is 2.60. The van der Waals surface area contributed by atoms with Crippen LogP contribution in [0, 0.1) is 0 Å². The Bertz CT molecular complexity index is 623. The van der Waals surface area contributed by atoms with Gasteiger partial charge in [-0.15, -0.1) is 0 Å². The molecule has 128 valence electrons. The summed E-state index contributed by atoms with van der Waals surface area (Å²) < 4.78 is 16.5. The smallest absolute Gasteiger partial charge is 0.322 e. The highest BCUT2D eigenvalue weighted by molar-refractivity contribution is 5.84. The predicted octanol–water partition coefficient (Wildman–Crippen LogP) is 3.35. The Morgan fingerprint density at radius 1 is 0.958 bits per heavy atom. The first kappa shape index (κ1) is 18.2. The van der Waals surface area contributed by atoms with Gasteiger partial charge in [0.05, 0.1) is 6.61 Å². The summed E-state index contributed by atoms with van der Waals surface area (Å²) in [7, 11) is 3.08. The molecule has 0 amide bonds. The van der Waals surface area contributed by atoms with E-state index in [1.165, 1.54) is 14.2 Å². The molecule has 0 aliphatic heterocycles. The SMILES string of the molecule is CCOC(=O)C(Cc1ccccc1)(c1ccccc1)C(OC)OC. The fourth-order valence-corrected chi connectivity index (χ4v) is 3.02. The standard InChI is InChI=1S/C20H24O4/c1-4-24-18(21)20(19(22-2)23-3,17-13-9-6-10-14-17)15-16-11-7-5-8-12-16/h5-14,19H,4,15H2,1-3H3. The van der Waals surface area contributed by atoms with Gasteiger partial charge in [0.25, 0.3) is 0 Å². The summed E-state index contributed by atoms with van der Waals surface area (Å²) in [5.74, 6) is -0.353. The van der Waals surface area contributed by atoms with Crippen molar-refractivity contribution in [3.05, 3.63) is 71.8 Å². The van der Waals surface area contributed by atoms with Crippen molar-refractivity contribution >= 4 is 5.97 Å². The number of hydrogen-bond donors (Lipinski definition) is 0. The van der Waals surface area contributed by atoms with Gasteiger partial charge in [-0.3, -0.25) is 4.79 Å². The van der Waals surface area contributed by atoms with Crippen molar-refractivity contribution in [3.8, 4) is 0 Å². The number of methoxy groups -OCH3 is 2. The van der Waals surface area contributed by atoms with E-state index < -0.39 is 11.7 Å². The zero-order valence-electron chi connectivity index (χ0n) is 14.4. The van der Waals surface area contributed by atoms with Gasteiger partial charge in [0.2, 0.25) is 0 Å². The third kappa shape index (κ3) is 3.66. The molecule has 0 aliphatic rings. The van der Waals surface area contributed by atoms with Gasteiger partial charge < -0.3 is 14.2 Å². The molecule has 0 radical (unpaired) electrons. The van der Waals surface area contributed by atoms with Crippen LogP contribution in [-0.4, -0.2) is 33.1 Å². The molecule has 0 spiro atoms. The Morgan fingerprint density at radius 2 is 1.50 bits per heavy atom. The molecule has 0 heterocycles. The Hall–Kier alpha value is -2.17. The Kier molecular flexibility index (Phi) is 6.53. The van der Waals surface area contributed by atoms with Crippen LogP contribution < -0.4 is 0 Å². The summed E-state index contributed by atoms with van der Waals surface area (Å²) in [5, 5.41) is 0. The van der Waals surface area contributed by atoms with Crippen molar-refractivity contribution in [2.24, 2.45) is 0 Å². The van der Waals surface area contributed by atoms with Crippen LogP contribution in [0.15, 0.2) is 60.7 Å². The molecule has 0 saturated heterocycles. The van der Waals surface area contributed by atoms with Crippen molar-refractivity contribution in [2.45, 2.75) is 25.0 Å². The maximum Gasteiger partial charge on any atom is 0.322 e. The molecular formula is C20H24O4. The van der Waals surface area contributed by atoms with Crippen LogP contribution in [-0.2, 0) is 30.8 Å². The lowest BCUT2D eigenvalue weighted by Gasteiger charge is -2.37. The fourth-order valence-electron chi connectivity index (χ4n) is 3.02. The van der Waals surface area contributed by atoms with Gasteiger partial charge in [0, 0.05) is 14.2 Å². The minimum Gasteiger partial charge on any atom is -0.465 e. The maximum atomic E-state index is 13.0. The molecule has 0 bridgehead atoms. The number of carbonyl (C=O) groups is 1. The molecule has 0 aromatic heterocycles. The summed E-state index contributed by atoms with van der Waals surface area (Å²) in [5.41, 5.74) is 0.733. The minimum absolute atomic E-state index is 0.294. The number of carbonyl (C=O) groups excluding carboxylic acids is 1. The Labute approximate surface area is 143 Å². The Morgan fingerprint density at radius 3 is 2.00 bits per heavy atom. The second-order valence-electron chi connectivity index (χ2n) is 5.52. The number of hydrogen-bond acceptors (Lipinski definition) is 4. The topological polar surface area (TPSA) is 44.8 Å². The van der Waals surface area contributed by atoms with E-state index in [1.807, 2.05) is 60.7 Å². The quantitative estimate of drug-likeness (QED) is 0.551. The average Bonchev–Trinajstić information content (AvgIpc) is 2.63. The number of ether oxygens (including phenoxy) is 3. The van der Waals surface area contributed by atoms with E-state index in [1.54, 1.807) is 6.92 Å². The van der Waals surface area contributed by atoms with Crippen LogP contribution in [0.3, 0.4) is 0 Å². The highest BCUT2D eigenvalue weighted by Gasteiger charge is 2.49. The molecule has 2 aromatic carbocycles. The van der Waals surface area contributed by atoms with Gasteiger partial charge in [-0.2, -0.15) is 0 Å². The largest absolute Gasteiger partial charge is 0.465 e. The van der Waals surface area contributed by atoms with Crippen molar-refractivity contribution in [3.63, 3.8) is 0 Å². The van der Waals surface area contributed by atoms with Crippen LogP contribution in [0.4, 0.5) is 0 Å². The molecule has 0 fully saturated rings. The lowest BCUT2D eigenvalue weighted by atomic mass is 9.74. The van der Waals surface area contributed by atoms with E-state index >= 15 is 0 Å². The molecule has 2 aromatic rings. The number of benzene rings is 2. The third-order valence-electron chi connectivity index (χ3n) is 4.08. The lowest BCUT2D eigenvalue weighted by Crippen LogP contribution is -2.51. The molecule has 1 atom stereocenters. The molecule has 4 heteroatoms. The molecule has 0 saturated carbocycles. The van der Waals surface area contributed by atoms with E-state index in [0.717, 1.165) is 11.1 Å². The number of rotatable bonds is 8. The van der Waals surface area contributed by atoms with Crippen molar-refractivity contribution < 1.29 is 19.0 Å². The van der Waals surface area contributed by atoms with Crippen molar-refractivity contribution in [1.82, 2.24) is 0 Å². The zero-order valence-corrected chi connectivity index (χ0v) is 14.4. The average molecular weight is 328 g/mol. The summed E-state index contributed by atoms with van der Waals surface area (Å²) >= 11 is 0. The fraction of sp³-hybridized carbons (Fsp3) is 0.350. The summed E-state index contributed by atoms with van der Waals surface area (Å²) in [6.07, 6.45) is -0.345. The van der Waals surface area contributed by atoms with Crippen molar-refractivity contribution in [2.75, 3.05) is 20.8 Å². The first-order chi connectivity index (χ1) is 11.7. The van der Waals surface area contributed by atoms with E-state index in [2.05, 4.69) is 0 Å². The van der Waals surface area contributed by atoms with Crippen LogP contribution >= 0.6 is 0 Å². The lowest BCUT2D eigenvalue weighted by molar-refractivity contribution is -0.185. The first-order valence-electron chi connectivity index (χ1n) is 8.01. The van der Waals surface area contributed by atoms with E-state index in [4.69, 9.17) is 14.2 Å². The highest BCUT2D eigenvalue weighted by atomic mass is 16.7. The van der Waals surface area contributed by atoms with Gasteiger partial charge in [-0.25, -0.2) is 0 Å². The van der Waals surface area contributed by atoms with Crippen LogP contribution in [0.5, 0.6) is 0 Å². The van der Waals surface area contributed by atoms with Crippen LogP contribution in [0.1, 0.15) is 18.1 Å². The molecule has 24 heavy (non-hydrogen) atoms. The monoisotopic (exact) mass is 328 g/mol.